The molecule has 0 spiro atoms. The summed E-state index contributed by atoms with van der Waals surface area (Å²) in [6.07, 6.45) is -6.05. The smallest absolute Gasteiger partial charge is 0.405 e. The Morgan fingerprint density at radius 2 is 1.73 bits per heavy atom. The van der Waals surface area contributed by atoms with Gasteiger partial charge in [-0.05, 0) is 37.7 Å². The van der Waals surface area contributed by atoms with E-state index in [4.69, 9.17) is 4.98 Å². The second-order valence-corrected chi connectivity index (χ2v) is 14.3. The maximum absolute atomic E-state index is 13.5. The predicted octanol–water partition coefficient (Wildman–Crippen LogP) is 7.26. The molecular formula is C29H27F6N6O2P. The van der Waals surface area contributed by atoms with Gasteiger partial charge in [-0.15, -0.1) is 13.2 Å². The van der Waals surface area contributed by atoms with Crippen LogP contribution in [0.4, 0.5) is 26.3 Å². The van der Waals surface area contributed by atoms with Crippen molar-refractivity contribution in [2.75, 3.05) is 12.8 Å². The molecule has 0 amide bonds. The van der Waals surface area contributed by atoms with Crippen molar-refractivity contribution in [2.45, 2.75) is 38.2 Å². The lowest BCUT2D eigenvalue weighted by Crippen LogP contribution is -2.19. The van der Waals surface area contributed by atoms with E-state index >= 15 is 0 Å². The number of halogens is 6. The van der Waals surface area contributed by atoms with Gasteiger partial charge in [-0.1, -0.05) is 25.1 Å². The molecule has 1 fully saturated rings. The van der Waals surface area contributed by atoms with Crippen molar-refractivity contribution in [3.05, 3.63) is 60.0 Å². The van der Waals surface area contributed by atoms with Crippen LogP contribution in [-0.2, 0) is 24.8 Å². The summed E-state index contributed by atoms with van der Waals surface area (Å²) in [4.78, 5) is 4.84. The first-order valence-corrected chi connectivity index (χ1v) is 16.1. The normalized spacial score (nSPS) is 15.6. The molecule has 3 heterocycles. The lowest BCUT2D eigenvalue weighted by atomic mass is 10.0. The number of ether oxygens (including phenoxy) is 1. The molecular weight excluding hydrogens is 609 g/mol. The fourth-order valence-corrected chi connectivity index (χ4v) is 6.50. The third kappa shape index (κ3) is 5.40. The van der Waals surface area contributed by atoms with E-state index in [1.807, 2.05) is 0 Å². The minimum atomic E-state index is -5.00. The highest BCUT2D eigenvalue weighted by Crippen LogP contribution is 2.48. The van der Waals surface area contributed by atoms with Crippen molar-refractivity contribution in [1.29, 1.82) is 0 Å². The molecule has 5 aromatic rings. The third-order valence-electron chi connectivity index (χ3n) is 7.88. The Hall–Kier alpha value is -4.06. The van der Waals surface area contributed by atoms with E-state index in [2.05, 4.69) is 14.9 Å². The monoisotopic (exact) mass is 636 g/mol. The standard InChI is InChI=1S/C29H27F6N6O2P/c1-5-44(4,42)17-11-12-19(22(13-17)43-29(33,34)35)27-36-25(26(39(27)2)16-9-10-16)18-7-6-8-21-20(18)15-41(37-21)24-14-23(28(30,31)32)40(3)38-24/h6-8,11-16H,5,9-10H2,1-4H3/t44-/m0/s1. The van der Waals surface area contributed by atoms with Crippen LogP contribution in [0.1, 0.15) is 37.1 Å². The molecule has 1 atom stereocenters. The van der Waals surface area contributed by atoms with Crippen LogP contribution in [0.3, 0.4) is 0 Å². The number of hydrogen-bond acceptors (Lipinski definition) is 5. The molecule has 0 radical (unpaired) electrons. The highest BCUT2D eigenvalue weighted by Gasteiger charge is 2.37. The Balaban J connectivity index is 1.51. The molecule has 0 N–H and O–H groups in total. The zero-order valence-corrected chi connectivity index (χ0v) is 24.9. The number of hydrogen-bond donors (Lipinski definition) is 0. The Morgan fingerprint density at radius 3 is 2.34 bits per heavy atom. The van der Waals surface area contributed by atoms with Crippen LogP contribution in [0.5, 0.6) is 5.75 Å². The summed E-state index contributed by atoms with van der Waals surface area (Å²) in [6, 6.07) is 10.3. The Kier molecular flexibility index (Phi) is 6.99. The summed E-state index contributed by atoms with van der Waals surface area (Å²) >= 11 is 0. The third-order valence-corrected chi connectivity index (χ3v) is 10.5. The van der Waals surface area contributed by atoms with Crippen LogP contribution < -0.4 is 10.0 Å². The van der Waals surface area contributed by atoms with Gasteiger partial charge in [0.2, 0.25) is 0 Å². The quantitative estimate of drug-likeness (QED) is 0.139. The van der Waals surface area contributed by atoms with E-state index in [9.17, 15) is 30.9 Å². The fourth-order valence-electron chi connectivity index (χ4n) is 5.35. The molecule has 0 bridgehead atoms. The van der Waals surface area contributed by atoms with Gasteiger partial charge in [0.15, 0.2) is 5.82 Å². The van der Waals surface area contributed by atoms with Crippen molar-refractivity contribution < 1.29 is 35.6 Å². The van der Waals surface area contributed by atoms with Gasteiger partial charge in [0.25, 0.3) is 0 Å². The molecule has 1 aliphatic rings. The van der Waals surface area contributed by atoms with E-state index in [0.29, 0.717) is 22.2 Å². The second kappa shape index (κ2) is 10.3. The largest absolute Gasteiger partial charge is 0.573 e. The molecule has 8 nitrogen and oxygen atoms in total. The molecule has 0 unspecified atom stereocenters. The van der Waals surface area contributed by atoms with Crippen LogP contribution in [0.15, 0.2) is 48.7 Å². The lowest BCUT2D eigenvalue weighted by molar-refractivity contribution is -0.274. The molecule has 1 saturated carbocycles. The SMILES string of the molecule is CC[P@](C)(=O)c1ccc(-c2nc(-c3cccc4nn(-c5cc(C(F)(F)F)n(C)n5)cc34)c(C3CC3)n2C)c(OC(F)(F)F)c1. The highest BCUT2D eigenvalue weighted by atomic mass is 31.2. The number of imidazole rings is 1. The minimum absolute atomic E-state index is 0.0274. The van der Waals surface area contributed by atoms with Crippen LogP contribution in [-0.4, -0.2) is 48.3 Å². The molecule has 0 saturated heterocycles. The fraction of sp³-hybridized carbons (Fsp3) is 0.345. The molecule has 0 aliphatic heterocycles. The summed E-state index contributed by atoms with van der Waals surface area (Å²) in [5.74, 6) is -0.206. The molecule has 15 heteroatoms. The number of fused-ring (bicyclic) bond motifs is 1. The van der Waals surface area contributed by atoms with Gasteiger partial charge in [-0.3, -0.25) is 4.68 Å². The average molecular weight is 637 g/mol. The maximum Gasteiger partial charge on any atom is 0.573 e. The topological polar surface area (TPSA) is 79.8 Å². The number of aromatic nitrogens is 6. The first-order valence-electron chi connectivity index (χ1n) is 13.7. The van der Waals surface area contributed by atoms with E-state index in [-0.39, 0.29) is 34.6 Å². The Bertz CT molecular complexity index is 1950. The van der Waals surface area contributed by atoms with Crippen molar-refractivity contribution in [3.8, 4) is 34.2 Å². The van der Waals surface area contributed by atoms with E-state index in [1.165, 1.54) is 30.5 Å². The molecule has 1 aliphatic carbocycles. The minimum Gasteiger partial charge on any atom is -0.405 e. The zero-order chi connectivity index (χ0) is 31.8. The Morgan fingerprint density at radius 1 is 1.00 bits per heavy atom. The number of rotatable bonds is 7. The summed E-state index contributed by atoms with van der Waals surface area (Å²) in [6.45, 7) is 3.22. The van der Waals surface area contributed by atoms with Crippen LogP contribution in [0.2, 0.25) is 0 Å². The van der Waals surface area contributed by atoms with E-state index < -0.39 is 31.1 Å². The number of aryl methyl sites for hydroxylation is 1. The van der Waals surface area contributed by atoms with Gasteiger partial charge >= 0.3 is 12.5 Å². The van der Waals surface area contributed by atoms with Gasteiger partial charge in [0.1, 0.15) is 24.4 Å². The van der Waals surface area contributed by atoms with E-state index in [0.717, 1.165) is 29.3 Å². The van der Waals surface area contributed by atoms with Gasteiger partial charge in [-0.2, -0.15) is 23.4 Å². The van der Waals surface area contributed by atoms with Crippen LogP contribution in [0.25, 0.3) is 39.4 Å². The lowest BCUT2D eigenvalue weighted by Gasteiger charge is -2.17. The van der Waals surface area contributed by atoms with Crippen molar-refractivity contribution >= 4 is 23.3 Å². The number of nitrogens with zero attached hydrogens (tertiary/aromatic N) is 6. The van der Waals surface area contributed by atoms with Crippen LogP contribution in [0, 0.1) is 0 Å². The molecule has 2 aromatic carbocycles. The Labute approximate surface area is 247 Å². The molecule has 6 rings (SSSR count). The van der Waals surface area contributed by atoms with Crippen molar-refractivity contribution in [1.82, 2.24) is 29.1 Å². The summed E-state index contributed by atoms with van der Waals surface area (Å²) < 4.78 is 102. The summed E-state index contributed by atoms with van der Waals surface area (Å²) in [5.41, 5.74) is 1.55. The average Bonchev–Trinajstić information content (AvgIpc) is 3.38. The van der Waals surface area contributed by atoms with Gasteiger partial charge in [-0.25, -0.2) is 9.67 Å². The number of benzene rings is 2. The molecule has 232 valence electrons. The first kappa shape index (κ1) is 30.0. The second-order valence-electron chi connectivity index (χ2n) is 11.0. The first-order chi connectivity index (χ1) is 20.6. The highest BCUT2D eigenvalue weighted by molar-refractivity contribution is 7.70. The zero-order valence-electron chi connectivity index (χ0n) is 24.0. The summed E-state index contributed by atoms with van der Waals surface area (Å²) in [7, 11) is 0.00368. The molecule has 3 aromatic heterocycles. The van der Waals surface area contributed by atoms with Gasteiger partial charge < -0.3 is 13.9 Å². The summed E-state index contributed by atoms with van der Waals surface area (Å²) in [5, 5.41) is 9.27. The number of alkyl halides is 6. The van der Waals surface area contributed by atoms with Gasteiger partial charge in [0, 0.05) is 60.4 Å². The maximum atomic E-state index is 13.5. The predicted molar refractivity (Wildman–Crippen MR) is 153 cm³/mol. The van der Waals surface area contributed by atoms with Crippen LogP contribution >= 0.6 is 7.14 Å². The van der Waals surface area contributed by atoms with Crippen molar-refractivity contribution in [2.24, 2.45) is 14.1 Å². The van der Waals surface area contributed by atoms with Gasteiger partial charge in [0.05, 0.1) is 16.8 Å². The van der Waals surface area contributed by atoms with Crippen molar-refractivity contribution in [3.63, 3.8) is 0 Å². The van der Waals surface area contributed by atoms with E-state index in [1.54, 1.807) is 49.0 Å². The molecule has 44 heavy (non-hydrogen) atoms.